The number of aliphatic hydroxyl groups is 1. The van der Waals surface area contributed by atoms with Gasteiger partial charge >= 0.3 is 0 Å². The Hall–Kier alpha value is -0.160. The highest BCUT2D eigenvalue weighted by Gasteiger charge is 2.28. The molecule has 1 heterocycles. The number of aliphatic hydroxyl groups excluding tert-OH is 1. The van der Waals surface area contributed by atoms with Gasteiger partial charge in [-0.1, -0.05) is 6.92 Å². The molecule has 0 amide bonds. The summed E-state index contributed by atoms with van der Waals surface area (Å²) in [6.07, 6.45) is 3.29. The van der Waals surface area contributed by atoms with Gasteiger partial charge in [0.05, 0.1) is 6.61 Å². The third kappa shape index (κ3) is 3.42. The summed E-state index contributed by atoms with van der Waals surface area (Å²) in [5.74, 6) is 0. The number of piperidine rings is 1. The molecule has 0 bridgehead atoms. The summed E-state index contributed by atoms with van der Waals surface area (Å²) in [4.78, 5) is 4.65. The maximum Gasteiger partial charge on any atom is 0.0601 e. The summed E-state index contributed by atoms with van der Waals surface area (Å²) >= 11 is 0. The molecule has 1 rings (SSSR count). The van der Waals surface area contributed by atoms with Gasteiger partial charge in [0, 0.05) is 31.2 Å². The van der Waals surface area contributed by atoms with Gasteiger partial charge in [0.15, 0.2) is 0 Å². The van der Waals surface area contributed by atoms with E-state index in [4.69, 9.17) is 5.73 Å². The van der Waals surface area contributed by atoms with Crippen molar-refractivity contribution in [3.05, 3.63) is 0 Å². The van der Waals surface area contributed by atoms with E-state index in [2.05, 4.69) is 30.8 Å². The average Bonchev–Trinajstić information content (AvgIpc) is 2.30. The van der Waals surface area contributed by atoms with Crippen LogP contribution in [0, 0.1) is 0 Å². The predicted molar refractivity (Wildman–Crippen MR) is 67.4 cm³/mol. The zero-order valence-electron chi connectivity index (χ0n) is 10.9. The van der Waals surface area contributed by atoms with Gasteiger partial charge in [-0.05, 0) is 33.4 Å². The van der Waals surface area contributed by atoms with Gasteiger partial charge in [-0.3, -0.25) is 4.90 Å². The van der Waals surface area contributed by atoms with Gasteiger partial charge < -0.3 is 15.7 Å². The van der Waals surface area contributed by atoms with Crippen LogP contribution in [0.25, 0.3) is 0 Å². The first-order chi connectivity index (χ1) is 7.60. The molecule has 0 aromatic carbocycles. The molecular formula is C12H27N3O. The van der Waals surface area contributed by atoms with E-state index in [0.717, 1.165) is 19.5 Å². The van der Waals surface area contributed by atoms with Crippen LogP contribution in [-0.4, -0.2) is 66.8 Å². The lowest BCUT2D eigenvalue weighted by Gasteiger charge is -2.40. The molecular weight excluding hydrogens is 202 g/mol. The molecule has 0 spiro atoms. The van der Waals surface area contributed by atoms with Crippen molar-refractivity contribution in [2.75, 3.05) is 33.8 Å². The molecule has 2 unspecified atom stereocenters. The molecule has 0 saturated carbocycles. The topological polar surface area (TPSA) is 52.7 Å². The van der Waals surface area contributed by atoms with Crippen molar-refractivity contribution < 1.29 is 5.11 Å². The van der Waals surface area contributed by atoms with E-state index < -0.39 is 0 Å². The zero-order chi connectivity index (χ0) is 12.1. The number of hydrogen-bond acceptors (Lipinski definition) is 4. The second-order valence-electron chi connectivity index (χ2n) is 5.05. The highest BCUT2D eigenvalue weighted by molar-refractivity contribution is 4.86. The van der Waals surface area contributed by atoms with Crippen LogP contribution in [0.15, 0.2) is 0 Å². The van der Waals surface area contributed by atoms with Gasteiger partial charge in [0.1, 0.15) is 0 Å². The average molecular weight is 229 g/mol. The smallest absolute Gasteiger partial charge is 0.0601 e. The van der Waals surface area contributed by atoms with Crippen molar-refractivity contribution in [3.8, 4) is 0 Å². The van der Waals surface area contributed by atoms with Crippen LogP contribution in [0.3, 0.4) is 0 Å². The molecule has 16 heavy (non-hydrogen) atoms. The predicted octanol–water partition coefficient (Wildman–Crippen LogP) is 0.111. The summed E-state index contributed by atoms with van der Waals surface area (Å²) in [5, 5.41) is 9.42. The quantitative estimate of drug-likeness (QED) is 0.702. The SMILES string of the molecule is CCC(N)C(CO)N1CCC(N(C)C)CC1. The Labute approximate surface area is 99.4 Å². The zero-order valence-corrected chi connectivity index (χ0v) is 10.9. The normalized spacial score (nSPS) is 23.6. The molecule has 1 saturated heterocycles. The molecule has 0 aromatic heterocycles. The van der Waals surface area contributed by atoms with Crippen LogP contribution in [0.2, 0.25) is 0 Å². The molecule has 0 aliphatic carbocycles. The first-order valence-corrected chi connectivity index (χ1v) is 6.37. The van der Waals surface area contributed by atoms with Crippen molar-refractivity contribution in [2.24, 2.45) is 5.73 Å². The fourth-order valence-corrected chi connectivity index (χ4v) is 2.53. The Kier molecular flexibility index (Phi) is 5.69. The molecule has 4 heteroatoms. The maximum atomic E-state index is 9.42. The van der Waals surface area contributed by atoms with Crippen molar-refractivity contribution in [2.45, 2.75) is 44.3 Å². The fourth-order valence-electron chi connectivity index (χ4n) is 2.53. The largest absolute Gasteiger partial charge is 0.395 e. The first kappa shape index (κ1) is 13.9. The van der Waals surface area contributed by atoms with E-state index in [1.807, 2.05) is 0 Å². The number of rotatable bonds is 5. The van der Waals surface area contributed by atoms with Crippen LogP contribution in [0.4, 0.5) is 0 Å². The first-order valence-electron chi connectivity index (χ1n) is 6.37. The third-order valence-electron chi connectivity index (χ3n) is 3.85. The van der Waals surface area contributed by atoms with E-state index in [-0.39, 0.29) is 18.7 Å². The molecule has 3 N–H and O–H groups in total. The number of hydrogen-bond donors (Lipinski definition) is 2. The van der Waals surface area contributed by atoms with Crippen LogP contribution >= 0.6 is 0 Å². The summed E-state index contributed by atoms with van der Waals surface area (Å²) in [5.41, 5.74) is 6.04. The molecule has 0 aromatic rings. The highest BCUT2D eigenvalue weighted by Crippen LogP contribution is 2.18. The summed E-state index contributed by atoms with van der Waals surface area (Å²) in [6, 6.07) is 0.933. The summed E-state index contributed by atoms with van der Waals surface area (Å²) in [7, 11) is 4.28. The van der Waals surface area contributed by atoms with E-state index >= 15 is 0 Å². The van der Waals surface area contributed by atoms with Crippen molar-refractivity contribution in [3.63, 3.8) is 0 Å². The standard InChI is InChI=1S/C12H27N3O/c1-4-11(13)12(9-16)15-7-5-10(6-8-15)14(2)3/h10-12,16H,4-9,13H2,1-3H3. The van der Waals surface area contributed by atoms with Crippen molar-refractivity contribution in [1.29, 1.82) is 0 Å². The minimum Gasteiger partial charge on any atom is -0.395 e. The molecule has 1 fully saturated rings. The van der Waals surface area contributed by atoms with Crippen LogP contribution < -0.4 is 5.73 Å². The van der Waals surface area contributed by atoms with E-state index in [9.17, 15) is 5.11 Å². The van der Waals surface area contributed by atoms with Gasteiger partial charge in [-0.25, -0.2) is 0 Å². The van der Waals surface area contributed by atoms with E-state index in [1.165, 1.54) is 12.8 Å². The lowest BCUT2D eigenvalue weighted by molar-refractivity contribution is 0.0609. The fraction of sp³-hybridized carbons (Fsp3) is 1.00. The van der Waals surface area contributed by atoms with Crippen molar-refractivity contribution in [1.82, 2.24) is 9.80 Å². The monoisotopic (exact) mass is 229 g/mol. The number of nitrogens with zero attached hydrogens (tertiary/aromatic N) is 2. The Balaban J connectivity index is 2.45. The lowest BCUT2D eigenvalue weighted by atomic mass is 9.99. The van der Waals surface area contributed by atoms with Crippen LogP contribution in [0.1, 0.15) is 26.2 Å². The Morgan fingerprint density at radius 3 is 2.31 bits per heavy atom. The number of likely N-dealkylation sites (tertiary alicyclic amines) is 1. The highest BCUT2D eigenvalue weighted by atomic mass is 16.3. The van der Waals surface area contributed by atoms with E-state index in [0.29, 0.717) is 6.04 Å². The third-order valence-corrected chi connectivity index (χ3v) is 3.85. The van der Waals surface area contributed by atoms with Crippen LogP contribution in [0.5, 0.6) is 0 Å². The minimum absolute atomic E-state index is 0.0981. The molecule has 1 aliphatic rings. The molecule has 1 aliphatic heterocycles. The van der Waals surface area contributed by atoms with Crippen molar-refractivity contribution >= 4 is 0 Å². The van der Waals surface area contributed by atoms with Gasteiger partial charge in [0.25, 0.3) is 0 Å². The van der Waals surface area contributed by atoms with Gasteiger partial charge in [0.2, 0.25) is 0 Å². The van der Waals surface area contributed by atoms with Gasteiger partial charge in [-0.2, -0.15) is 0 Å². The maximum absolute atomic E-state index is 9.42. The molecule has 96 valence electrons. The van der Waals surface area contributed by atoms with E-state index in [1.54, 1.807) is 0 Å². The molecule has 2 atom stereocenters. The lowest BCUT2D eigenvalue weighted by Crippen LogP contribution is -2.54. The van der Waals surface area contributed by atoms with Gasteiger partial charge in [-0.15, -0.1) is 0 Å². The Bertz CT molecular complexity index is 191. The second-order valence-corrected chi connectivity index (χ2v) is 5.05. The van der Waals surface area contributed by atoms with Crippen LogP contribution in [-0.2, 0) is 0 Å². The molecule has 4 nitrogen and oxygen atoms in total. The number of nitrogens with two attached hydrogens (primary N) is 1. The summed E-state index contributed by atoms with van der Waals surface area (Å²) in [6.45, 7) is 4.38. The minimum atomic E-state index is 0.0981. The second kappa shape index (κ2) is 6.55. The Morgan fingerprint density at radius 2 is 1.94 bits per heavy atom. The Morgan fingerprint density at radius 1 is 1.38 bits per heavy atom. The summed E-state index contributed by atoms with van der Waals surface area (Å²) < 4.78 is 0. The molecule has 0 radical (unpaired) electrons.